The molecule has 6 nitrogen and oxygen atoms in total. The van der Waals surface area contributed by atoms with Gasteiger partial charge in [-0.05, 0) is 12.8 Å². The van der Waals surface area contributed by atoms with E-state index in [-0.39, 0.29) is 11.6 Å². The minimum atomic E-state index is -4.43. The second kappa shape index (κ2) is 5.87. The van der Waals surface area contributed by atoms with Crippen molar-refractivity contribution in [3.05, 3.63) is 35.8 Å². The summed E-state index contributed by atoms with van der Waals surface area (Å²) in [7, 11) is 0. The highest BCUT2D eigenvalue weighted by Crippen LogP contribution is 2.32. The van der Waals surface area contributed by atoms with Crippen molar-refractivity contribution < 1.29 is 13.2 Å². The first-order valence-electron chi connectivity index (χ1n) is 7.07. The second-order valence-electron chi connectivity index (χ2n) is 5.31. The molecule has 1 N–H and O–H groups in total. The number of nitrogens with one attached hydrogen (secondary N) is 1. The van der Waals surface area contributed by atoms with Gasteiger partial charge in [0.05, 0.1) is 6.20 Å². The van der Waals surface area contributed by atoms with E-state index in [0.717, 1.165) is 19.0 Å². The number of halogens is 3. The van der Waals surface area contributed by atoms with Gasteiger partial charge in [0.2, 0.25) is 0 Å². The Bertz CT molecular complexity index is 733. The standard InChI is InChI=1S/C14H13F3N6/c15-14(16,17)11-7-21-12(22-11)9-2-1-5-23(8-9)13-10(6-18)19-3-4-20-13/h3-4,7,9H,1-2,5,8H2,(H,21,22). The summed E-state index contributed by atoms with van der Waals surface area (Å²) in [6.07, 6.45) is 0.813. The Labute approximate surface area is 130 Å². The van der Waals surface area contributed by atoms with Gasteiger partial charge in [-0.15, -0.1) is 0 Å². The van der Waals surface area contributed by atoms with Crippen molar-refractivity contribution >= 4 is 5.82 Å². The van der Waals surface area contributed by atoms with Crippen molar-refractivity contribution in [2.45, 2.75) is 24.9 Å². The molecule has 0 radical (unpaired) electrons. The molecular weight excluding hydrogens is 309 g/mol. The van der Waals surface area contributed by atoms with E-state index in [2.05, 4.69) is 19.9 Å². The molecule has 2 aromatic rings. The zero-order chi connectivity index (χ0) is 16.4. The smallest absolute Gasteiger partial charge is 0.353 e. The molecule has 1 atom stereocenters. The largest absolute Gasteiger partial charge is 0.432 e. The SMILES string of the molecule is N#Cc1nccnc1N1CCCC(c2ncc(C(F)(F)F)[nH]2)C1. The topological polar surface area (TPSA) is 81.5 Å². The molecule has 1 aliphatic heterocycles. The predicted octanol–water partition coefficient (Wildman–Crippen LogP) is 2.47. The van der Waals surface area contributed by atoms with Gasteiger partial charge < -0.3 is 9.88 Å². The van der Waals surface area contributed by atoms with Gasteiger partial charge in [-0.3, -0.25) is 0 Å². The van der Waals surface area contributed by atoms with Gasteiger partial charge in [0, 0.05) is 31.4 Å². The molecule has 9 heteroatoms. The number of hydrogen-bond donors (Lipinski definition) is 1. The van der Waals surface area contributed by atoms with Crippen LogP contribution >= 0.6 is 0 Å². The highest BCUT2D eigenvalue weighted by Gasteiger charge is 2.34. The van der Waals surface area contributed by atoms with E-state index in [1.807, 2.05) is 11.0 Å². The fourth-order valence-electron chi connectivity index (χ4n) is 2.72. The molecule has 0 aliphatic carbocycles. The van der Waals surface area contributed by atoms with Crippen LogP contribution in [0, 0.1) is 11.3 Å². The number of rotatable bonds is 2. The Morgan fingerprint density at radius 1 is 1.26 bits per heavy atom. The molecule has 23 heavy (non-hydrogen) atoms. The maximum Gasteiger partial charge on any atom is 0.432 e. The van der Waals surface area contributed by atoms with Gasteiger partial charge in [0.15, 0.2) is 11.5 Å². The Hall–Kier alpha value is -2.63. The third kappa shape index (κ3) is 3.11. The Morgan fingerprint density at radius 2 is 2.04 bits per heavy atom. The molecule has 1 aliphatic rings. The van der Waals surface area contributed by atoms with Crippen LogP contribution in [0.1, 0.15) is 36.0 Å². The maximum absolute atomic E-state index is 12.7. The molecule has 1 fully saturated rings. The average Bonchev–Trinajstić information content (AvgIpc) is 3.05. The van der Waals surface area contributed by atoms with Gasteiger partial charge in [0.25, 0.3) is 0 Å². The van der Waals surface area contributed by atoms with Crippen LogP contribution in [-0.2, 0) is 6.18 Å². The van der Waals surface area contributed by atoms with Crippen LogP contribution in [0.2, 0.25) is 0 Å². The van der Waals surface area contributed by atoms with E-state index in [1.165, 1.54) is 12.4 Å². The first-order chi connectivity index (χ1) is 11.0. The van der Waals surface area contributed by atoms with Gasteiger partial charge in [-0.2, -0.15) is 18.4 Å². The zero-order valence-electron chi connectivity index (χ0n) is 12.0. The van der Waals surface area contributed by atoms with Crippen molar-refractivity contribution in [3.63, 3.8) is 0 Å². The predicted molar refractivity (Wildman–Crippen MR) is 74.5 cm³/mol. The molecule has 3 rings (SSSR count). The van der Waals surface area contributed by atoms with E-state index >= 15 is 0 Å². The highest BCUT2D eigenvalue weighted by molar-refractivity contribution is 5.50. The second-order valence-corrected chi connectivity index (χ2v) is 5.31. The van der Waals surface area contributed by atoms with Gasteiger partial charge in [-0.25, -0.2) is 15.0 Å². The number of aromatic nitrogens is 4. The number of piperidine rings is 1. The molecule has 2 aromatic heterocycles. The molecule has 1 unspecified atom stereocenters. The van der Waals surface area contributed by atoms with Crippen LogP contribution < -0.4 is 4.90 Å². The molecule has 0 saturated carbocycles. The highest BCUT2D eigenvalue weighted by atomic mass is 19.4. The number of nitriles is 1. The zero-order valence-corrected chi connectivity index (χ0v) is 12.0. The molecule has 0 aromatic carbocycles. The molecular formula is C14H13F3N6. The minimum absolute atomic E-state index is 0.173. The summed E-state index contributed by atoms with van der Waals surface area (Å²) in [5, 5.41) is 9.10. The van der Waals surface area contributed by atoms with Gasteiger partial charge >= 0.3 is 6.18 Å². The van der Waals surface area contributed by atoms with Crippen LogP contribution in [0.5, 0.6) is 0 Å². The molecule has 0 amide bonds. The van der Waals surface area contributed by atoms with Crippen molar-refractivity contribution in [3.8, 4) is 6.07 Å². The first-order valence-corrected chi connectivity index (χ1v) is 7.07. The maximum atomic E-state index is 12.7. The van der Waals surface area contributed by atoms with E-state index in [4.69, 9.17) is 5.26 Å². The van der Waals surface area contributed by atoms with Gasteiger partial charge in [-0.1, -0.05) is 0 Å². The summed E-state index contributed by atoms with van der Waals surface area (Å²) in [5.74, 6) is 0.597. The lowest BCUT2D eigenvalue weighted by molar-refractivity contribution is -0.141. The molecule has 0 spiro atoms. The van der Waals surface area contributed by atoms with Crippen LogP contribution in [0.15, 0.2) is 18.6 Å². The number of nitrogens with zero attached hydrogens (tertiary/aromatic N) is 5. The Morgan fingerprint density at radius 3 is 2.74 bits per heavy atom. The van der Waals surface area contributed by atoms with Crippen molar-refractivity contribution in [1.29, 1.82) is 5.26 Å². The lowest BCUT2D eigenvalue weighted by Crippen LogP contribution is -2.36. The first kappa shape index (κ1) is 15.3. The summed E-state index contributed by atoms with van der Waals surface area (Å²) in [5.41, 5.74) is -0.634. The molecule has 0 bridgehead atoms. The van der Waals surface area contributed by atoms with E-state index < -0.39 is 11.9 Å². The van der Waals surface area contributed by atoms with E-state index in [9.17, 15) is 13.2 Å². The van der Waals surface area contributed by atoms with E-state index in [1.54, 1.807) is 0 Å². The number of alkyl halides is 3. The normalized spacial score (nSPS) is 18.7. The summed E-state index contributed by atoms with van der Waals surface area (Å²) >= 11 is 0. The van der Waals surface area contributed by atoms with Crippen LogP contribution in [-0.4, -0.2) is 33.0 Å². The quantitative estimate of drug-likeness (QED) is 0.918. The summed E-state index contributed by atoms with van der Waals surface area (Å²) < 4.78 is 38.0. The third-order valence-corrected chi connectivity index (χ3v) is 3.79. The molecule has 1 saturated heterocycles. The number of hydrogen-bond acceptors (Lipinski definition) is 5. The fraction of sp³-hybridized carbons (Fsp3) is 0.429. The van der Waals surface area contributed by atoms with Gasteiger partial charge in [0.1, 0.15) is 17.6 Å². The summed E-state index contributed by atoms with van der Waals surface area (Å²) in [6.45, 7) is 1.12. The van der Waals surface area contributed by atoms with E-state index in [0.29, 0.717) is 24.7 Å². The van der Waals surface area contributed by atoms with Crippen LogP contribution in [0.3, 0.4) is 0 Å². The monoisotopic (exact) mass is 322 g/mol. The number of imidazole rings is 1. The number of aromatic amines is 1. The lowest BCUT2D eigenvalue weighted by Gasteiger charge is -2.32. The summed E-state index contributed by atoms with van der Waals surface area (Å²) in [6, 6.07) is 1.98. The Balaban J connectivity index is 1.81. The molecule has 3 heterocycles. The third-order valence-electron chi connectivity index (χ3n) is 3.79. The van der Waals surface area contributed by atoms with Crippen molar-refractivity contribution in [2.24, 2.45) is 0 Å². The number of H-pyrrole nitrogens is 1. The fourth-order valence-corrected chi connectivity index (χ4v) is 2.72. The molecule has 120 valence electrons. The van der Waals surface area contributed by atoms with Crippen molar-refractivity contribution in [2.75, 3.05) is 18.0 Å². The van der Waals surface area contributed by atoms with Crippen molar-refractivity contribution in [1.82, 2.24) is 19.9 Å². The van der Waals surface area contributed by atoms with Crippen LogP contribution in [0.25, 0.3) is 0 Å². The minimum Gasteiger partial charge on any atom is -0.353 e. The number of anilines is 1. The van der Waals surface area contributed by atoms with Crippen LogP contribution in [0.4, 0.5) is 19.0 Å². The lowest BCUT2D eigenvalue weighted by atomic mass is 9.97. The Kier molecular flexibility index (Phi) is 3.90. The average molecular weight is 322 g/mol. The summed E-state index contributed by atoms with van der Waals surface area (Å²) in [4.78, 5) is 16.2.